The first kappa shape index (κ1) is 19.2. The van der Waals surface area contributed by atoms with E-state index in [2.05, 4.69) is 24.1 Å². The summed E-state index contributed by atoms with van der Waals surface area (Å²) in [6.45, 7) is 6.07. The van der Waals surface area contributed by atoms with E-state index in [1.807, 2.05) is 49.4 Å². The fourth-order valence-electron chi connectivity index (χ4n) is 3.18. The number of amides is 1. The maximum atomic E-state index is 12.5. The fourth-order valence-corrected chi connectivity index (χ4v) is 3.30. The Balaban J connectivity index is 1.59. The Labute approximate surface area is 174 Å². The van der Waals surface area contributed by atoms with Gasteiger partial charge in [0.1, 0.15) is 5.52 Å². The molecule has 1 N–H and O–H groups in total. The molecule has 0 aliphatic heterocycles. The molecule has 1 aromatic heterocycles. The highest BCUT2D eigenvalue weighted by molar-refractivity contribution is 6.30. The second kappa shape index (κ2) is 7.72. The van der Waals surface area contributed by atoms with Crippen molar-refractivity contribution in [2.75, 3.05) is 5.32 Å². The molecule has 0 unspecified atom stereocenters. The lowest BCUT2D eigenvalue weighted by atomic mass is 10.1. The number of carbonyl (C=O) groups is 1. The molecule has 0 aliphatic carbocycles. The molecule has 0 bridgehead atoms. The number of halogens is 1. The first-order valence-corrected chi connectivity index (χ1v) is 9.80. The van der Waals surface area contributed by atoms with Crippen LogP contribution in [0.4, 0.5) is 5.69 Å². The molecular weight excluding hydrogens is 384 g/mol. The summed E-state index contributed by atoms with van der Waals surface area (Å²) in [5.74, 6) is 0.453. The lowest BCUT2D eigenvalue weighted by Gasteiger charge is -2.10. The van der Waals surface area contributed by atoms with Crippen molar-refractivity contribution in [2.24, 2.45) is 0 Å². The molecule has 0 aliphatic rings. The molecule has 1 amide bonds. The van der Waals surface area contributed by atoms with Crippen LogP contribution in [0.2, 0.25) is 5.02 Å². The number of nitrogens with zero attached hydrogens (tertiary/aromatic N) is 1. The number of hydrogen-bond donors (Lipinski definition) is 1. The number of oxazole rings is 1. The number of hydrogen-bond acceptors (Lipinski definition) is 3. The van der Waals surface area contributed by atoms with E-state index in [9.17, 15) is 4.79 Å². The number of fused-ring (bicyclic) bond motifs is 1. The Kier molecular flexibility index (Phi) is 5.12. The summed E-state index contributed by atoms with van der Waals surface area (Å²) in [4.78, 5) is 17.1. The molecule has 4 rings (SSSR count). The zero-order valence-electron chi connectivity index (χ0n) is 16.5. The Morgan fingerprint density at radius 2 is 1.69 bits per heavy atom. The Morgan fingerprint density at radius 3 is 2.45 bits per heavy atom. The standard InChI is InChI=1S/C24H21ClN2O2/c1-14-4-7-18(24-27-21-10-15(2)16(3)11-22(21)29-24)13-20(14)26-23(28)12-17-5-8-19(25)9-6-17/h4-11,13H,12H2,1-3H3,(H,26,28). The third-order valence-electron chi connectivity index (χ3n) is 5.04. The fraction of sp³-hybridized carbons (Fsp3) is 0.167. The van der Waals surface area contributed by atoms with Crippen molar-refractivity contribution >= 4 is 34.3 Å². The molecule has 0 atom stereocenters. The van der Waals surface area contributed by atoms with Gasteiger partial charge in [-0.2, -0.15) is 0 Å². The van der Waals surface area contributed by atoms with Crippen LogP contribution in [0.1, 0.15) is 22.3 Å². The third-order valence-corrected chi connectivity index (χ3v) is 5.29. The smallest absolute Gasteiger partial charge is 0.228 e. The van der Waals surface area contributed by atoms with Gasteiger partial charge in [0.2, 0.25) is 11.8 Å². The summed E-state index contributed by atoms with van der Waals surface area (Å²) in [6.07, 6.45) is 0.280. The zero-order chi connectivity index (χ0) is 20.5. The van der Waals surface area contributed by atoms with Crippen LogP contribution in [-0.4, -0.2) is 10.9 Å². The molecule has 4 aromatic rings. The number of anilines is 1. The highest BCUT2D eigenvalue weighted by Gasteiger charge is 2.13. The first-order chi connectivity index (χ1) is 13.9. The zero-order valence-corrected chi connectivity index (χ0v) is 17.3. The second-order valence-corrected chi connectivity index (χ2v) is 7.74. The van der Waals surface area contributed by atoms with Gasteiger partial charge in [-0.15, -0.1) is 0 Å². The minimum atomic E-state index is -0.0867. The first-order valence-electron chi connectivity index (χ1n) is 9.42. The van der Waals surface area contributed by atoms with Crippen molar-refractivity contribution in [1.29, 1.82) is 0 Å². The molecule has 5 heteroatoms. The molecule has 146 valence electrons. The van der Waals surface area contributed by atoms with Crippen molar-refractivity contribution < 1.29 is 9.21 Å². The summed E-state index contributed by atoms with van der Waals surface area (Å²) in [7, 11) is 0. The number of benzene rings is 3. The van der Waals surface area contributed by atoms with E-state index in [-0.39, 0.29) is 12.3 Å². The van der Waals surface area contributed by atoms with Gasteiger partial charge < -0.3 is 9.73 Å². The Bertz CT molecular complexity index is 1170. The minimum Gasteiger partial charge on any atom is -0.436 e. The van der Waals surface area contributed by atoms with Gasteiger partial charge in [0, 0.05) is 16.3 Å². The van der Waals surface area contributed by atoms with Crippen LogP contribution in [0.15, 0.2) is 59.0 Å². The Hall–Kier alpha value is -3.11. The number of aryl methyl sites for hydroxylation is 3. The topological polar surface area (TPSA) is 55.1 Å². The SMILES string of the molecule is Cc1cc2nc(-c3ccc(C)c(NC(=O)Cc4ccc(Cl)cc4)c3)oc2cc1C. The maximum Gasteiger partial charge on any atom is 0.228 e. The average Bonchev–Trinajstić information content (AvgIpc) is 3.08. The van der Waals surface area contributed by atoms with Gasteiger partial charge >= 0.3 is 0 Å². The van der Waals surface area contributed by atoms with E-state index in [0.29, 0.717) is 10.9 Å². The van der Waals surface area contributed by atoms with Crippen LogP contribution in [0.3, 0.4) is 0 Å². The van der Waals surface area contributed by atoms with Crippen LogP contribution in [0.25, 0.3) is 22.6 Å². The summed E-state index contributed by atoms with van der Waals surface area (Å²) < 4.78 is 5.96. The molecule has 0 fully saturated rings. The Morgan fingerprint density at radius 1 is 0.966 bits per heavy atom. The number of nitrogens with one attached hydrogen (secondary N) is 1. The molecule has 1 heterocycles. The highest BCUT2D eigenvalue weighted by atomic mass is 35.5. The van der Waals surface area contributed by atoms with Gasteiger partial charge in [-0.25, -0.2) is 4.98 Å². The van der Waals surface area contributed by atoms with Gasteiger partial charge in [-0.3, -0.25) is 4.79 Å². The normalized spacial score (nSPS) is 11.0. The van der Waals surface area contributed by atoms with Gasteiger partial charge in [0.15, 0.2) is 5.58 Å². The van der Waals surface area contributed by atoms with Gasteiger partial charge in [0.25, 0.3) is 0 Å². The van der Waals surface area contributed by atoms with Crippen LogP contribution in [0.5, 0.6) is 0 Å². The summed E-state index contributed by atoms with van der Waals surface area (Å²) in [5.41, 5.74) is 7.39. The third kappa shape index (κ3) is 4.17. The van der Waals surface area contributed by atoms with Crippen molar-refractivity contribution in [2.45, 2.75) is 27.2 Å². The lowest BCUT2D eigenvalue weighted by molar-refractivity contribution is -0.115. The molecule has 3 aromatic carbocycles. The highest BCUT2D eigenvalue weighted by Crippen LogP contribution is 2.29. The summed E-state index contributed by atoms with van der Waals surface area (Å²) in [6, 6.07) is 17.1. The lowest BCUT2D eigenvalue weighted by Crippen LogP contribution is -2.15. The van der Waals surface area contributed by atoms with E-state index in [0.717, 1.165) is 33.5 Å². The van der Waals surface area contributed by atoms with Crippen molar-refractivity contribution in [3.63, 3.8) is 0 Å². The molecular formula is C24H21ClN2O2. The van der Waals surface area contributed by atoms with Crippen molar-refractivity contribution in [3.05, 3.63) is 81.9 Å². The number of carbonyl (C=O) groups excluding carboxylic acids is 1. The molecule has 29 heavy (non-hydrogen) atoms. The van der Waals surface area contributed by atoms with Crippen LogP contribution >= 0.6 is 11.6 Å². The van der Waals surface area contributed by atoms with Gasteiger partial charge in [-0.1, -0.05) is 29.8 Å². The average molecular weight is 405 g/mol. The van der Waals surface area contributed by atoms with E-state index < -0.39 is 0 Å². The van der Waals surface area contributed by atoms with Crippen LogP contribution < -0.4 is 5.32 Å². The van der Waals surface area contributed by atoms with Crippen molar-refractivity contribution in [3.8, 4) is 11.5 Å². The summed E-state index contributed by atoms with van der Waals surface area (Å²) >= 11 is 5.91. The van der Waals surface area contributed by atoms with Gasteiger partial charge in [0.05, 0.1) is 6.42 Å². The molecule has 0 radical (unpaired) electrons. The maximum absolute atomic E-state index is 12.5. The predicted octanol–water partition coefficient (Wildman–Crippen LogP) is 6.25. The van der Waals surface area contributed by atoms with Crippen LogP contribution in [0, 0.1) is 20.8 Å². The predicted molar refractivity (Wildman–Crippen MR) is 117 cm³/mol. The largest absolute Gasteiger partial charge is 0.436 e. The van der Waals surface area contributed by atoms with E-state index in [4.69, 9.17) is 16.0 Å². The number of aromatic nitrogens is 1. The second-order valence-electron chi connectivity index (χ2n) is 7.30. The molecule has 0 spiro atoms. The minimum absolute atomic E-state index is 0.0867. The van der Waals surface area contributed by atoms with Crippen molar-refractivity contribution in [1.82, 2.24) is 4.98 Å². The summed E-state index contributed by atoms with van der Waals surface area (Å²) in [5, 5.41) is 3.65. The molecule has 0 saturated heterocycles. The van der Waals surface area contributed by atoms with E-state index >= 15 is 0 Å². The van der Waals surface area contributed by atoms with Gasteiger partial charge in [-0.05, 0) is 79.4 Å². The van der Waals surface area contributed by atoms with Crippen LogP contribution in [-0.2, 0) is 11.2 Å². The monoisotopic (exact) mass is 404 g/mol. The van der Waals surface area contributed by atoms with E-state index in [1.54, 1.807) is 12.1 Å². The molecule has 4 nitrogen and oxygen atoms in total. The number of rotatable bonds is 4. The quantitative estimate of drug-likeness (QED) is 0.437. The van der Waals surface area contributed by atoms with E-state index in [1.165, 1.54) is 11.1 Å². The molecule has 0 saturated carbocycles.